The number of carbonyl (C=O) groups excluding carboxylic acids is 1. The minimum Gasteiger partial charge on any atom is -0.318 e. The summed E-state index contributed by atoms with van der Waals surface area (Å²) in [6.45, 7) is 0.238. The lowest BCUT2D eigenvalue weighted by Gasteiger charge is -2.18. The van der Waals surface area contributed by atoms with Gasteiger partial charge in [0, 0.05) is 25.4 Å². The number of urea groups is 1. The third-order valence-corrected chi connectivity index (χ3v) is 5.89. The maximum absolute atomic E-state index is 12.8. The topological polar surface area (TPSA) is 114 Å². The Balaban J connectivity index is 1.85. The van der Waals surface area contributed by atoms with Crippen LogP contribution in [-0.2, 0) is 16.6 Å². The number of benzene rings is 1. The molecule has 3 rings (SSSR count). The molecule has 0 atom stereocenters. The van der Waals surface area contributed by atoms with Crippen molar-refractivity contribution in [3.05, 3.63) is 63.4 Å². The minimum absolute atomic E-state index is 0.0891. The molecule has 0 aliphatic carbocycles. The van der Waals surface area contributed by atoms with E-state index in [1.807, 2.05) is 0 Å². The van der Waals surface area contributed by atoms with Gasteiger partial charge in [-0.25, -0.2) is 22.5 Å². The number of hydrogen-bond donors (Lipinski definition) is 0. The SMILES string of the molecule is O=C1N(Cc2ccc(Cl)nc2)CCN1S(=O)(=O)c1ccccc1[N+](=O)[O-]. The highest BCUT2D eigenvalue weighted by atomic mass is 35.5. The van der Waals surface area contributed by atoms with Crippen molar-refractivity contribution < 1.29 is 18.1 Å². The number of carbonyl (C=O) groups is 1. The quantitative estimate of drug-likeness (QED) is 0.435. The van der Waals surface area contributed by atoms with Gasteiger partial charge in [-0.15, -0.1) is 0 Å². The number of nitro benzene ring substituents is 1. The number of nitro groups is 1. The van der Waals surface area contributed by atoms with E-state index in [1.165, 1.54) is 23.2 Å². The molecule has 0 radical (unpaired) electrons. The Morgan fingerprint density at radius 3 is 2.58 bits per heavy atom. The van der Waals surface area contributed by atoms with E-state index in [2.05, 4.69) is 4.98 Å². The van der Waals surface area contributed by atoms with Gasteiger partial charge < -0.3 is 4.90 Å². The lowest BCUT2D eigenvalue weighted by Crippen LogP contribution is -2.36. The summed E-state index contributed by atoms with van der Waals surface area (Å²) in [6, 6.07) is 7.46. The molecular weight excluding hydrogens is 384 g/mol. The van der Waals surface area contributed by atoms with Crippen molar-refractivity contribution in [3.63, 3.8) is 0 Å². The summed E-state index contributed by atoms with van der Waals surface area (Å²) in [6.07, 6.45) is 1.49. The van der Waals surface area contributed by atoms with Crippen molar-refractivity contribution in [1.82, 2.24) is 14.2 Å². The van der Waals surface area contributed by atoms with E-state index < -0.39 is 31.6 Å². The lowest BCUT2D eigenvalue weighted by atomic mass is 10.3. The predicted octanol–water partition coefficient (Wildman–Crippen LogP) is 2.27. The Morgan fingerprint density at radius 1 is 1.19 bits per heavy atom. The molecule has 0 N–H and O–H groups in total. The van der Waals surface area contributed by atoms with Crippen LogP contribution in [0.1, 0.15) is 5.56 Å². The highest BCUT2D eigenvalue weighted by molar-refractivity contribution is 7.89. The maximum atomic E-state index is 12.8. The summed E-state index contributed by atoms with van der Waals surface area (Å²) in [7, 11) is -4.33. The van der Waals surface area contributed by atoms with E-state index >= 15 is 0 Å². The number of halogens is 1. The van der Waals surface area contributed by atoms with Gasteiger partial charge in [0.05, 0.1) is 11.5 Å². The molecule has 0 saturated carbocycles. The molecule has 9 nitrogen and oxygen atoms in total. The van der Waals surface area contributed by atoms with Crippen LogP contribution in [0.2, 0.25) is 5.15 Å². The van der Waals surface area contributed by atoms with Crippen LogP contribution in [0.15, 0.2) is 47.5 Å². The number of sulfonamides is 1. The Morgan fingerprint density at radius 2 is 1.92 bits per heavy atom. The van der Waals surface area contributed by atoms with Gasteiger partial charge in [0.25, 0.3) is 15.7 Å². The molecular formula is C15H13ClN4O5S. The van der Waals surface area contributed by atoms with Crippen LogP contribution in [0, 0.1) is 10.1 Å². The second kappa shape index (κ2) is 6.89. The van der Waals surface area contributed by atoms with Gasteiger partial charge in [-0.3, -0.25) is 10.1 Å². The molecule has 2 heterocycles. The van der Waals surface area contributed by atoms with E-state index in [9.17, 15) is 23.3 Å². The number of amides is 2. The summed E-state index contributed by atoms with van der Waals surface area (Å²) in [4.78, 5) is 27.6. The normalized spacial score (nSPS) is 14.7. The molecule has 1 aliphatic rings. The number of hydrogen-bond acceptors (Lipinski definition) is 6. The molecule has 0 spiro atoms. The van der Waals surface area contributed by atoms with Crippen molar-refractivity contribution in [2.45, 2.75) is 11.4 Å². The first-order valence-corrected chi connectivity index (χ1v) is 9.28. The Bertz CT molecular complexity index is 964. The van der Waals surface area contributed by atoms with Crippen LogP contribution in [0.25, 0.3) is 0 Å². The van der Waals surface area contributed by atoms with Crippen molar-refractivity contribution >= 4 is 33.3 Å². The van der Waals surface area contributed by atoms with Gasteiger partial charge in [0.15, 0.2) is 4.90 Å². The van der Waals surface area contributed by atoms with E-state index in [1.54, 1.807) is 12.1 Å². The Hall–Kier alpha value is -2.72. The van der Waals surface area contributed by atoms with Crippen LogP contribution >= 0.6 is 11.6 Å². The summed E-state index contributed by atoms with van der Waals surface area (Å²) in [5, 5.41) is 11.4. The molecule has 11 heteroatoms. The summed E-state index contributed by atoms with van der Waals surface area (Å²) >= 11 is 5.71. The molecule has 136 valence electrons. The number of pyridine rings is 1. The second-order valence-electron chi connectivity index (χ2n) is 5.50. The number of rotatable bonds is 5. The van der Waals surface area contributed by atoms with Gasteiger partial charge in [-0.1, -0.05) is 29.8 Å². The fourth-order valence-electron chi connectivity index (χ4n) is 2.60. The largest absolute Gasteiger partial charge is 0.334 e. The Kier molecular flexibility index (Phi) is 4.79. The molecule has 26 heavy (non-hydrogen) atoms. The van der Waals surface area contributed by atoms with E-state index in [-0.39, 0.29) is 19.6 Å². The number of nitrogens with zero attached hydrogens (tertiary/aromatic N) is 4. The number of para-hydroxylation sites is 1. The highest BCUT2D eigenvalue weighted by Gasteiger charge is 2.40. The van der Waals surface area contributed by atoms with E-state index in [0.717, 1.165) is 12.1 Å². The fraction of sp³-hybridized carbons (Fsp3) is 0.200. The van der Waals surface area contributed by atoms with Gasteiger partial charge >= 0.3 is 6.03 Å². The van der Waals surface area contributed by atoms with Gasteiger partial charge in [0.2, 0.25) is 0 Å². The minimum atomic E-state index is -4.33. The molecule has 1 fully saturated rings. The van der Waals surface area contributed by atoms with Crippen LogP contribution in [0.5, 0.6) is 0 Å². The van der Waals surface area contributed by atoms with Gasteiger partial charge in [-0.05, 0) is 17.7 Å². The smallest absolute Gasteiger partial charge is 0.318 e. The highest BCUT2D eigenvalue weighted by Crippen LogP contribution is 2.29. The number of aromatic nitrogens is 1. The zero-order valence-electron chi connectivity index (χ0n) is 13.3. The second-order valence-corrected chi connectivity index (χ2v) is 7.71. The predicted molar refractivity (Wildman–Crippen MR) is 92.0 cm³/mol. The van der Waals surface area contributed by atoms with Crippen LogP contribution < -0.4 is 0 Å². The molecule has 1 aromatic carbocycles. The third kappa shape index (κ3) is 3.33. The molecule has 0 unspecified atom stereocenters. The van der Waals surface area contributed by atoms with Crippen LogP contribution in [-0.4, -0.2) is 46.7 Å². The van der Waals surface area contributed by atoms with E-state index in [0.29, 0.717) is 15.0 Å². The summed E-state index contributed by atoms with van der Waals surface area (Å²) in [5.74, 6) is 0. The third-order valence-electron chi connectivity index (χ3n) is 3.85. The van der Waals surface area contributed by atoms with E-state index in [4.69, 9.17) is 11.6 Å². The molecule has 1 saturated heterocycles. The summed E-state index contributed by atoms with van der Waals surface area (Å²) in [5.41, 5.74) is 0.119. The van der Waals surface area contributed by atoms with Crippen molar-refractivity contribution in [1.29, 1.82) is 0 Å². The van der Waals surface area contributed by atoms with Gasteiger partial charge in [-0.2, -0.15) is 0 Å². The molecule has 1 aromatic heterocycles. The molecule has 2 aromatic rings. The maximum Gasteiger partial charge on any atom is 0.334 e. The lowest BCUT2D eigenvalue weighted by molar-refractivity contribution is -0.387. The first-order chi connectivity index (χ1) is 12.3. The average Bonchev–Trinajstić information content (AvgIpc) is 2.98. The molecule has 2 amide bonds. The zero-order chi connectivity index (χ0) is 18.9. The van der Waals surface area contributed by atoms with Crippen molar-refractivity contribution in [2.24, 2.45) is 0 Å². The fourth-order valence-corrected chi connectivity index (χ4v) is 4.25. The monoisotopic (exact) mass is 396 g/mol. The Labute approximate surface area is 154 Å². The van der Waals surface area contributed by atoms with Crippen molar-refractivity contribution in [2.75, 3.05) is 13.1 Å². The standard InChI is InChI=1S/C15H13ClN4O5S/c16-14-6-5-11(9-17-14)10-18-7-8-19(15(18)21)26(24,25)13-4-2-1-3-12(13)20(22)23/h1-6,9H,7-8,10H2. The molecule has 0 bridgehead atoms. The molecule has 1 aliphatic heterocycles. The van der Waals surface area contributed by atoms with Gasteiger partial charge in [0.1, 0.15) is 5.15 Å². The first-order valence-electron chi connectivity index (χ1n) is 7.46. The summed E-state index contributed by atoms with van der Waals surface area (Å²) < 4.78 is 26.2. The van der Waals surface area contributed by atoms with Crippen molar-refractivity contribution in [3.8, 4) is 0 Å². The van der Waals surface area contributed by atoms with Crippen LogP contribution in [0.4, 0.5) is 10.5 Å². The average molecular weight is 397 g/mol. The van der Waals surface area contributed by atoms with Crippen LogP contribution in [0.3, 0.4) is 0 Å². The first kappa shape index (κ1) is 18.1. The zero-order valence-corrected chi connectivity index (χ0v) is 14.9.